The largest absolute Gasteiger partial charge is 0.504 e. The van der Waals surface area contributed by atoms with Crippen molar-refractivity contribution in [2.75, 3.05) is 20.8 Å². The van der Waals surface area contributed by atoms with Crippen LogP contribution in [0.25, 0.3) is 0 Å². The van der Waals surface area contributed by atoms with Crippen LogP contribution in [0.3, 0.4) is 0 Å². The molecule has 0 radical (unpaired) electrons. The van der Waals surface area contributed by atoms with Gasteiger partial charge in [0, 0.05) is 17.2 Å². The zero-order valence-corrected chi connectivity index (χ0v) is 12.7. The molecule has 0 saturated carbocycles. The van der Waals surface area contributed by atoms with Gasteiger partial charge >= 0.3 is 0 Å². The number of aromatic hydroxyl groups is 2. The van der Waals surface area contributed by atoms with E-state index in [0.717, 1.165) is 11.1 Å². The molecule has 2 aliphatic heterocycles. The lowest BCUT2D eigenvalue weighted by molar-refractivity contribution is 0.135. The third-order valence-corrected chi connectivity index (χ3v) is 4.39. The Morgan fingerprint density at radius 1 is 1.04 bits per heavy atom. The molecule has 6 nitrogen and oxygen atoms in total. The van der Waals surface area contributed by atoms with Gasteiger partial charge in [0.15, 0.2) is 23.0 Å². The molecule has 0 fully saturated rings. The van der Waals surface area contributed by atoms with Crippen molar-refractivity contribution >= 4 is 0 Å². The number of hydrogen-bond acceptors (Lipinski definition) is 6. The molecule has 0 spiro atoms. The van der Waals surface area contributed by atoms with Crippen LogP contribution in [-0.2, 0) is 0 Å². The van der Waals surface area contributed by atoms with E-state index >= 15 is 0 Å². The van der Waals surface area contributed by atoms with Crippen LogP contribution in [0.4, 0.5) is 0 Å². The fraction of sp³-hybridized carbons (Fsp3) is 0.294. The summed E-state index contributed by atoms with van der Waals surface area (Å²) < 4.78 is 22.0. The minimum Gasteiger partial charge on any atom is -0.504 e. The smallest absolute Gasteiger partial charge is 0.201 e. The maximum absolute atomic E-state index is 10.2. The van der Waals surface area contributed by atoms with Crippen molar-refractivity contribution in [1.82, 2.24) is 0 Å². The zero-order valence-electron chi connectivity index (χ0n) is 12.7. The first kappa shape index (κ1) is 13.9. The van der Waals surface area contributed by atoms with E-state index in [1.807, 2.05) is 6.07 Å². The van der Waals surface area contributed by atoms with Gasteiger partial charge in [-0.25, -0.2) is 0 Å². The standard InChI is InChI=1S/C17H16O6/c1-20-12-4-3-8-16-10(7-22-17(8)15(12)19)9-5-14(21-2)11(18)6-13(9)23-16/h3-6,10,16,18-19H,7H2,1-2H3. The van der Waals surface area contributed by atoms with Gasteiger partial charge in [-0.3, -0.25) is 0 Å². The van der Waals surface area contributed by atoms with E-state index in [0.29, 0.717) is 29.6 Å². The van der Waals surface area contributed by atoms with Crippen LogP contribution in [0, 0.1) is 0 Å². The molecule has 2 N–H and O–H groups in total. The number of ether oxygens (including phenoxy) is 4. The summed E-state index contributed by atoms with van der Waals surface area (Å²) in [7, 11) is 3.00. The normalized spacial score (nSPS) is 20.6. The molecule has 2 heterocycles. The van der Waals surface area contributed by atoms with Gasteiger partial charge in [-0.1, -0.05) is 0 Å². The third kappa shape index (κ3) is 1.87. The summed E-state index contributed by atoms with van der Waals surface area (Å²) in [6.45, 7) is 0.360. The molecule has 2 unspecified atom stereocenters. The monoisotopic (exact) mass is 316 g/mol. The Kier molecular flexibility index (Phi) is 2.94. The van der Waals surface area contributed by atoms with E-state index in [1.54, 1.807) is 18.2 Å². The molecule has 6 heteroatoms. The molecule has 2 atom stereocenters. The molecule has 0 saturated heterocycles. The van der Waals surface area contributed by atoms with Crippen molar-refractivity contribution in [3.05, 3.63) is 35.4 Å². The number of rotatable bonds is 2. The summed E-state index contributed by atoms with van der Waals surface area (Å²) >= 11 is 0. The summed E-state index contributed by atoms with van der Waals surface area (Å²) in [6, 6.07) is 6.83. The summed E-state index contributed by atoms with van der Waals surface area (Å²) in [5.74, 6) is 1.72. The molecule has 2 aliphatic rings. The summed E-state index contributed by atoms with van der Waals surface area (Å²) in [4.78, 5) is 0. The molecule has 120 valence electrons. The number of methoxy groups -OCH3 is 2. The van der Waals surface area contributed by atoms with Crippen molar-refractivity contribution in [2.45, 2.75) is 12.0 Å². The number of benzene rings is 2. The number of hydrogen-bond donors (Lipinski definition) is 2. The van der Waals surface area contributed by atoms with Gasteiger partial charge in [-0.2, -0.15) is 0 Å². The van der Waals surface area contributed by atoms with Crippen molar-refractivity contribution in [2.24, 2.45) is 0 Å². The Bertz CT molecular complexity index is 785. The molecule has 23 heavy (non-hydrogen) atoms. The van der Waals surface area contributed by atoms with E-state index in [-0.39, 0.29) is 23.5 Å². The third-order valence-electron chi connectivity index (χ3n) is 4.39. The lowest BCUT2D eigenvalue weighted by Gasteiger charge is -2.28. The van der Waals surface area contributed by atoms with E-state index in [9.17, 15) is 10.2 Å². The average molecular weight is 316 g/mol. The van der Waals surface area contributed by atoms with Crippen LogP contribution in [0.2, 0.25) is 0 Å². The molecule has 0 aromatic heterocycles. The van der Waals surface area contributed by atoms with Crippen molar-refractivity contribution < 1.29 is 29.2 Å². The van der Waals surface area contributed by atoms with Crippen molar-refractivity contribution in [3.8, 4) is 34.5 Å². The van der Waals surface area contributed by atoms with E-state index < -0.39 is 0 Å². The molecular formula is C17H16O6. The van der Waals surface area contributed by atoms with Gasteiger partial charge < -0.3 is 29.2 Å². The maximum atomic E-state index is 10.2. The Morgan fingerprint density at radius 3 is 2.57 bits per heavy atom. The molecule has 4 rings (SSSR count). The molecule has 0 amide bonds. The van der Waals surface area contributed by atoms with Crippen LogP contribution < -0.4 is 18.9 Å². The SMILES string of the molecule is COc1cc2c(cc1O)OC1c3ccc(OC)c(O)c3OCC21. The topological polar surface area (TPSA) is 77.4 Å². The highest BCUT2D eigenvalue weighted by atomic mass is 16.5. The Labute approximate surface area is 132 Å². The Hall–Kier alpha value is -2.76. The van der Waals surface area contributed by atoms with Crippen molar-refractivity contribution in [1.29, 1.82) is 0 Å². The number of phenols is 2. The van der Waals surface area contributed by atoms with Crippen LogP contribution in [0.15, 0.2) is 24.3 Å². The first-order valence-electron chi connectivity index (χ1n) is 7.24. The van der Waals surface area contributed by atoms with E-state index in [2.05, 4.69) is 0 Å². The molecule has 0 bridgehead atoms. The molecule has 2 aromatic rings. The number of fused-ring (bicyclic) bond motifs is 5. The van der Waals surface area contributed by atoms with Gasteiger partial charge in [0.2, 0.25) is 5.75 Å². The van der Waals surface area contributed by atoms with Gasteiger partial charge in [-0.05, 0) is 18.2 Å². The maximum Gasteiger partial charge on any atom is 0.201 e. The predicted octanol–water partition coefficient (Wildman–Crippen LogP) is 2.72. The van der Waals surface area contributed by atoms with Crippen LogP contribution in [-0.4, -0.2) is 31.0 Å². The summed E-state index contributed by atoms with van der Waals surface area (Å²) in [5.41, 5.74) is 1.68. The summed E-state index contributed by atoms with van der Waals surface area (Å²) in [6.07, 6.45) is -0.280. The first-order chi connectivity index (χ1) is 11.1. The van der Waals surface area contributed by atoms with Gasteiger partial charge in [0.25, 0.3) is 0 Å². The minimum atomic E-state index is -0.280. The Balaban J connectivity index is 1.79. The predicted molar refractivity (Wildman–Crippen MR) is 80.9 cm³/mol. The average Bonchev–Trinajstić information content (AvgIpc) is 2.92. The Morgan fingerprint density at radius 2 is 1.83 bits per heavy atom. The van der Waals surface area contributed by atoms with Crippen molar-refractivity contribution in [3.63, 3.8) is 0 Å². The van der Waals surface area contributed by atoms with Gasteiger partial charge in [-0.15, -0.1) is 0 Å². The fourth-order valence-corrected chi connectivity index (χ4v) is 3.24. The summed E-state index contributed by atoms with van der Waals surface area (Å²) in [5, 5.41) is 20.2. The first-order valence-corrected chi connectivity index (χ1v) is 7.24. The molecule has 0 aliphatic carbocycles. The van der Waals surface area contributed by atoms with Crippen LogP contribution >= 0.6 is 0 Å². The second-order valence-corrected chi connectivity index (χ2v) is 5.55. The molecule has 2 aromatic carbocycles. The quantitative estimate of drug-likeness (QED) is 0.887. The van der Waals surface area contributed by atoms with Gasteiger partial charge in [0.1, 0.15) is 11.9 Å². The second kappa shape index (κ2) is 4.87. The fourth-order valence-electron chi connectivity index (χ4n) is 3.24. The van der Waals surface area contributed by atoms with E-state index in [1.165, 1.54) is 14.2 Å². The lowest BCUT2D eigenvalue weighted by Crippen LogP contribution is -2.23. The zero-order chi connectivity index (χ0) is 16.1. The highest BCUT2D eigenvalue weighted by Crippen LogP contribution is 2.55. The van der Waals surface area contributed by atoms with Gasteiger partial charge in [0.05, 0.1) is 26.7 Å². The minimum absolute atomic E-state index is 0.0246. The second-order valence-electron chi connectivity index (χ2n) is 5.55. The van der Waals surface area contributed by atoms with Crippen LogP contribution in [0.5, 0.6) is 34.5 Å². The highest BCUT2D eigenvalue weighted by molar-refractivity contribution is 5.60. The van der Waals surface area contributed by atoms with E-state index in [4.69, 9.17) is 18.9 Å². The highest BCUT2D eigenvalue weighted by Gasteiger charge is 2.42. The number of phenolic OH excluding ortho intramolecular Hbond substituents is 2. The molecular weight excluding hydrogens is 300 g/mol. The lowest BCUT2D eigenvalue weighted by atomic mass is 9.89. The van der Waals surface area contributed by atoms with Crippen LogP contribution in [0.1, 0.15) is 23.1 Å².